The molecule has 0 spiro atoms. The molecule has 0 atom stereocenters. The maximum atomic E-state index is 12.5. The van der Waals surface area contributed by atoms with E-state index in [-0.39, 0.29) is 5.91 Å². The maximum absolute atomic E-state index is 12.5. The first-order valence-corrected chi connectivity index (χ1v) is 12.1. The van der Waals surface area contributed by atoms with Crippen LogP contribution < -0.4 is 10.1 Å². The zero-order valence-electron chi connectivity index (χ0n) is 20.9. The highest BCUT2D eigenvalue weighted by Crippen LogP contribution is 2.41. The predicted molar refractivity (Wildman–Crippen MR) is 138 cm³/mol. The van der Waals surface area contributed by atoms with E-state index in [0.717, 1.165) is 57.4 Å². The lowest BCUT2D eigenvalue weighted by Gasteiger charge is -2.15. The molecule has 0 fully saturated rings. The Kier molecular flexibility index (Phi) is 8.37. The number of benzene rings is 2. The second kappa shape index (κ2) is 11.2. The first-order chi connectivity index (χ1) is 15.9. The Morgan fingerprint density at radius 2 is 1.85 bits per heavy atom. The number of rotatable bonds is 10. The molecular weight excluding hydrogens is 410 g/mol. The van der Waals surface area contributed by atoms with Gasteiger partial charge in [-0.3, -0.25) is 4.79 Å². The molecule has 0 saturated carbocycles. The van der Waals surface area contributed by atoms with E-state index >= 15 is 0 Å². The first-order valence-electron chi connectivity index (χ1n) is 12.1. The third-order valence-corrected chi connectivity index (χ3v) is 6.11. The molecule has 33 heavy (non-hydrogen) atoms. The molecule has 0 aliphatic carbocycles. The van der Waals surface area contributed by atoms with Crippen LogP contribution in [0.5, 0.6) is 5.75 Å². The SMILES string of the molecule is CCCCCCNC(=O)/C=C(\C)c1cc2c(-c3ccc(C)cc3C)coc2c(C)c1OCC. The molecule has 0 radical (unpaired) electrons. The summed E-state index contributed by atoms with van der Waals surface area (Å²) in [6, 6.07) is 8.56. The highest BCUT2D eigenvalue weighted by molar-refractivity contribution is 6.02. The second-order valence-electron chi connectivity index (χ2n) is 8.83. The molecule has 0 saturated heterocycles. The molecule has 0 aliphatic rings. The summed E-state index contributed by atoms with van der Waals surface area (Å²) in [5.41, 5.74) is 8.24. The number of carbonyl (C=O) groups is 1. The van der Waals surface area contributed by atoms with Gasteiger partial charge in [0.15, 0.2) is 0 Å². The van der Waals surface area contributed by atoms with E-state index in [1.165, 1.54) is 24.0 Å². The van der Waals surface area contributed by atoms with Gasteiger partial charge in [0.2, 0.25) is 5.91 Å². The van der Waals surface area contributed by atoms with Crippen molar-refractivity contribution in [1.29, 1.82) is 0 Å². The Morgan fingerprint density at radius 1 is 1.06 bits per heavy atom. The second-order valence-corrected chi connectivity index (χ2v) is 8.83. The van der Waals surface area contributed by atoms with Gasteiger partial charge in [0.05, 0.1) is 12.9 Å². The van der Waals surface area contributed by atoms with Gasteiger partial charge >= 0.3 is 0 Å². The largest absolute Gasteiger partial charge is 0.493 e. The van der Waals surface area contributed by atoms with Crippen molar-refractivity contribution in [3.05, 3.63) is 58.9 Å². The van der Waals surface area contributed by atoms with Gasteiger partial charge in [0.1, 0.15) is 11.3 Å². The van der Waals surface area contributed by atoms with Crippen LogP contribution in [-0.4, -0.2) is 19.1 Å². The summed E-state index contributed by atoms with van der Waals surface area (Å²) < 4.78 is 12.1. The minimum absolute atomic E-state index is 0.0639. The van der Waals surface area contributed by atoms with Crippen LogP contribution in [-0.2, 0) is 4.79 Å². The average molecular weight is 448 g/mol. The lowest BCUT2D eigenvalue weighted by atomic mass is 9.94. The molecule has 0 bridgehead atoms. The summed E-state index contributed by atoms with van der Waals surface area (Å²) in [5, 5.41) is 4.05. The quantitative estimate of drug-likeness (QED) is 0.258. The Labute approximate surface area is 198 Å². The zero-order chi connectivity index (χ0) is 24.0. The number of unbranched alkanes of at least 4 members (excludes halogenated alkanes) is 3. The Hall–Kier alpha value is -3.01. The van der Waals surface area contributed by atoms with E-state index < -0.39 is 0 Å². The van der Waals surface area contributed by atoms with Gasteiger partial charge in [0, 0.05) is 34.7 Å². The molecule has 1 N–H and O–H groups in total. The third kappa shape index (κ3) is 5.68. The molecule has 1 amide bonds. The Bertz CT molecular complexity index is 1150. The van der Waals surface area contributed by atoms with Crippen molar-refractivity contribution in [3.8, 4) is 16.9 Å². The van der Waals surface area contributed by atoms with Crippen molar-refractivity contribution in [2.24, 2.45) is 0 Å². The zero-order valence-corrected chi connectivity index (χ0v) is 20.9. The monoisotopic (exact) mass is 447 g/mol. The fraction of sp³-hybridized carbons (Fsp3) is 0.414. The van der Waals surface area contributed by atoms with Gasteiger partial charge in [-0.25, -0.2) is 0 Å². The number of fused-ring (bicyclic) bond motifs is 1. The van der Waals surface area contributed by atoms with E-state index in [9.17, 15) is 4.79 Å². The lowest BCUT2D eigenvalue weighted by molar-refractivity contribution is -0.116. The molecule has 3 rings (SSSR count). The topological polar surface area (TPSA) is 51.5 Å². The minimum atomic E-state index is -0.0639. The fourth-order valence-corrected chi connectivity index (χ4v) is 4.35. The molecular formula is C29H37NO3. The van der Waals surface area contributed by atoms with Gasteiger partial charge in [-0.15, -0.1) is 0 Å². The number of ether oxygens (including phenoxy) is 1. The molecule has 3 aromatic rings. The summed E-state index contributed by atoms with van der Waals surface area (Å²) in [4.78, 5) is 12.5. The number of nitrogens with one attached hydrogen (secondary N) is 1. The first kappa shape index (κ1) is 24.6. The fourth-order valence-electron chi connectivity index (χ4n) is 4.35. The van der Waals surface area contributed by atoms with Gasteiger partial charge in [0.25, 0.3) is 0 Å². The van der Waals surface area contributed by atoms with Crippen LogP contribution in [0.2, 0.25) is 0 Å². The van der Waals surface area contributed by atoms with Gasteiger partial charge < -0.3 is 14.5 Å². The molecule has 4 nitrogen and oxygen atoms in total. The summed E-state index contributed by atoms with van der Waals surface area (Å²) in [7, 11) is 0. The number of carbonyl (C=O) groups excluding carboxylic acids is 1. The number of allylic oxidation sites excluding steroid dienone is 1. The maximum Gasteiger partial charge on any atom is 0.244 e. The summed E-state index contributed by atoms with van der Waals surface area (Å²) >= 11 is 0. The van der Waals surface area contributed by atoms with E-state index in [1.807, 2.05) is 27.0 Å². The summed E-state index contributed by atoms with van der Waals surface area (Å²) in [5.74, 6) is 0.710. The van der Waals surface area contributed by atoms with Gasteiger partial charge in [-0.1, -0.05) is 49.9 Å². The van der Waals surface area contributed by atoms with Crippen LogP contribution in [0.25, 0.3) is 27.7 Å². The van der Waals surface area contributed by atoms with Crippen LogP contribution in [0.1, 0.15) is 68.7 Å². The number of hydrogen-bond donors (Lipinski definition) is 1. The van der Waals surface area contributed by atoms with Gasteiger partial charge in [-0.2, -0.15) is 0 Å². The van der Waals surface area contributed by atoms with Crippen LogP contribution in [0.3, 0.4) is 0 Å². The lowest BCUT2D eigenvalue weighted by Crippen LogP contribution is -2.22. The van der Waals surface area contributed by atoms with Crippen LogP contribution >= 0.6 is 0 Å². The number of hydrogen-bond acceptors (Lipinski definition) is 3. The van der Waals surface area contributed by atoms with Crippen molar-refractivity contribution in [3.63, 3.8) is 0 Å². The average Bonchev–Trinajstić information content (AvgIpc) is 3.19. The summed E-state index contributed by atoms with van der Waals surface area (Å²) in [6.07, 6.45) is 8.06. The van der Waals surface area contributed by atoms with Crippen molar-refractivity contribution in [2.45, 2.75) is 67.2 Å². The normalized spacial score (nSPS) is 11.8. The molecule has 4 heteroatoms. The van der Waals surface area contributed by atoms with Crippen molar-refractivity contribution in [2.75, 3.05) is 13.2 Å². The highest BCUT2D eigenvalue weighted by Gasteiger charge is 2.19. The van der Waals surface area contributed by atoms with Crippen molar-refractivity contribution < 1.29 is 13.9 Å². The van der Waals surface area contributed by atoms with Crippen LogP contribution in [0.15, 0.2) is 41.0 Å². The molecule has 1 aromatic heterocycles. The molecule has 1 heterocycles. The number of amides is 1. The Morgan fingerprint density at radius 3 is 2.55 bits per heavy atom. The molecule has 176 valence electrons. The summed E-state index contributed by atoms with van der Waals surface area (Å²) in [6.45, 7) is 13.6. The van der Waals surface area contributed by atoms with E-state index in [4.69, 9.17) is 9.15 Å². The predicted octanol–water partition coefficient (Wildman–Crippen LogP) is 7.52. The molecule has 0 aliphatic heterocycles. The standard InChI is InChI=1S/C29H37NO3/c1-7-9-10-11-14-30-27(31)16-21(5)24-17-25-26(23-13-12-19(3)15-20(23)4)18-33-29(25)22(6)28(24)32-8-2/h12-13,15-18H,7-11,14H2,1-6H3,(H,30,31)/b21-16+. The van der Waals surface area contributed by atoms with E-state index in [2.05, 4.69) is 50.4 Å². The Balaban J connectivity index is 2.00. The highest BCUT2D eigenvalue weighted by atomic mass is 16.5. The minimum Gasteiger partial charge on any atom is -0.493 e. The smallest absolute Gasteiger partial charge is 0.244 e. The van der Waals surface area contributed by atoms with E-state index in [0.29, 0.717) is 13.2 Å². The molecule has 2 aromatic carbocycles. The number of furan rings is 1. The third-order valence-electron chi connectivity index (χ3n) is 6.11. The van der Waals surface area contributed by atoms with Gasteiger partial charge in [-0.05, 0) is 63.8 Å². The van der Waals surface area contributed by atoms with Crippen molar-refractivity contribution >= 4 is 22.4 Å². The van der Waals surface area contributed by atoms with Crippen LogP contribution in [0, 0.1) is 20.8 Å². The van der Waals surface area contributed by atoms with Crippen molar-refractivity contribution in [1.82, 2.24) is 5.32 Å². The van der Waals surface area contributed by atoms with Crippen LogP contribution in [0.4, 0.5) is 0 Å². The number of aryl methyl sites for hydroxylation is 3. The van der Waals surface area contributed by atoms with E-state index in [1.54, 1.807) is 6.08 Å². The molecule has 0 unspecified atom stereocenters.